The van der Waals surface area contributed by atoms with Gasteiger partial charge in [-0.3, -0.25) is 9.59 Å². The number of carbonyl (C=O) groups is 2. The van der Waals surface area contributed by atoms with Crippen LogP contribution in [0.5, 0.6) is 0 Å². The number of benzene rings is 7. The predicted octanol–water partition coefficient (Wildman–Crippen LogP) is 13.0. The second kappa shape index (κ2) is 17.6. The Morgan fingerprint density at radius 1 is 0.393 bits per heavy atom. The molecule has 56 heavy (non-hydrogen) atoms. The lowest BCUT2D eigenvalue weighted by atomic mass is 9.82. The lowest BCUT2D eigenvalue weighted by molar-refractivity contribution is 0.103. The maximum atomic E-state index is 14.2. The normalized spacial score (nSPS) is 12.0. The van der Waals surface area contributed by atoms with E-state index in [0.717, 1.165) is 31.2 Å². The lowest BCUT2D eigenvalue weighted by Gasteiger charge is -2.21. The molecule has 0 aromatic heterocycles. The van der Waals surface area contributed by atoms with Gasteiger partial charge in [0, 0.05) is 34.1 Å². The molecule has 7 rings (SSSR count). The van der Waals surface area contributed by atoms with Gasteiger partial charge in [-0.1, -0.05) is 191 Å². The van der Waals surface area contributed by atoms with Crippen molar-refractivity contribution in [3.63, 3.8) is 0 Å². The Morgan fingerprint density at radius 2 is 0.732 bits per heavy atom. The molecule has 0 fully saturated rings. The maximum absolute atomic E-state index is 14.2. The first kappa shape index (κ1) is 38.2. The van der Waals surface area contributed by atoms with Crippen molar-refractivity contribution in [3.8, 4) is 0 Å². The van der Waals surface area contributed by atoms with E-state index < -0.39 is 0 Å². The maximum Gasteiger partial charge on any atom is 0.193 e. The van der Waals surface area contributed by atoms with Crippen molar-refractivity contribution in [1.29, 1.82) is 0 Å². The van der Waals surface area contributed by atoms with E-state index in [0.29, 0.717) is 22.3 Å². The molecule has 1 atom stereocenters. The van der Waals surface area contributed by atoms with Crippen LogP contribution in [0.2, 0.25) is 0 Å². The highest BCUT2D eigenvalue weighted by molar-refractivity contribution is 6.13. The lowest BCUT2D eigenvalue weighted by Crippen LogP contribution is -2.15. The Balaban J connectivity index is 1.10. The van der Waals surface area contributed by atoms with Crippen molar-refractivity contribution in [3.05, 3.63) is 249 Å². The molecule has 0 aliphatic rings. The van der Waals surface area contributed by atoms with E-state index in [9.17, 15) is 9.59 Å². The fraction of sp³-hybridized carbons (Fsp3) is 0.185. The van der Waals surface area contributed by atoms with Gasteiger partial charge >= 0.3 is 0 Å². The summed E-state index contributed by atoms with van der Waals surface area (Å²) >= 11 is 0. The molecule has 0 amide bonds. The van der Waals surface area contributed by atoms with E-state index in [4.69, 9.17) is 0 Å². The standard InChI is InChI=1S/C54H50O2/c1-54(2,3)49-37-47(52(55)45-28-24-40(25-29-45)27-35-50(41-18-10-5-11-19-41)42-20-12-6-13-21-42)36-48(38-49)53(56)46-32-30-44(31-33-46)51(43-22-14-7-15-23-43)34-26-39-16-8-4-9-17-39/h4-25,28-33,36-38,50-51H,26-27,34-35H2,1-3H3. The largest absolute Gasteiger partial charge is 0.289 e. The Hall–Kier alpha value is -6.12. The summed E-state index contributed by atoms with van der Waals surface area (Å²) in [7, 11) is 0. The summed E-state index contributed by atoms with van der Waals surface area (Å²) < 4.78 is 0. The molecular formula is C54H50O2. The van der Waals surface area contributed by atoms with Crippen LogP contribution < -0.4 is 0 Å². The van der Waals surface area contributed by atoms with E-state index in [1.807, 2.05) is 36.4 Å². The monoisotopic (exact) mass is 730 g/mol. The molecule has 1 unspecified atom stereocenters. The first-order valence-electron chi connectivity index (χ1n) is 19.9. The second-order valence-electron chi connectivity index (χ2n) is 15.9. The molecule has 0 spiro atoms. The van der Waals surface area contributed by atoms with Gasteiger partial charge < -0.3 is 0 Å². The summed E-state index contributed by atoms with van der Waals surface area (Å²) in [6, 6.07) is 64.3. The van der Waals surface area contributed by atoms with E-state index in [1.165, 1.54) is 33.4 Å². The first-order valence-corrected chi connectivity index (χ1v) is 19.9. The minimum Gasteiger partial charge on any atom is -0.289 e. The molecule has 2 nitrogen and oxygen atoms in total. The van der Waals surface area contributed by atoms with Crippen molar-refractivity contribution in [2.24, 2.45) is 0 Å². The van der Waals surface area contributed by atoms with Crippen molar-refractivity contribution in [2.75, 3.05) is 0 Å². The molecular weight excluding hydrogens is 681 g/mol. The van der Waals surface area contributed by atoms with Gasteiger partial charge in [-0.2, -0.15) is 0 Å². The molecule has 0 N–H and O–H groups in total. The van der Waals surface area contributed by atoms with E-state index >= 15 is 0 Å². The van der Waals surface area contributed by atoms with Gasteiger partial charge in [0.2, 0.25) is 0 Å². The molecule has 0 heterocycles. The van der Waals surface area contributed by atoms with E-state index in [2.05, 4.69) is 166 Å². The minimum atomic E-state index is -0.255. The summed E-state index contributed by atoms with van der Waals surface area (Å²) in [6.45, 7) is 6.35. The van der Waals surface area contributed by atoms with Crippen LogP contribution in [0.15, 0.2) is 188 Å². The molecule has 2 heteroatoms. The molecule has 7 aromatic carbocycles. The molecule has 0 radical (unpaired) electrons. The van der Waals surface area contributed by atoms with Crippen LogP contribution in [-0.4, -0.2) is 11.6 Å². The highest BCUT2D eigenvalue weighted by Gasteiger charge is 2.22. The van der Waals surface area contributed by atoms with Gasteiger partial charge in [0.15, 0.2) is 11.6 Å². The molecule has 7 aromatic rings. The van der Waals surface area contributed by atoms with Gasteiger partial charge in [0.25, 0.3) is 0 Å². The average Bonchev–Trinajstić information content (AvgIpc) is 3.25. The number of ketones is 2. The highest BCUT2D eigenvalue weighted by atomic mass is 16.1. The summed E-state index contributed by atoms with van der Waals surface area (Å²) in [4.78, 5) is 28.3. The van der Waals surface area contributed by atoms with Gasteiger partial charge in [-0.15, -0.1) is 0 Å². The second-order valence-corrected chi connectivity index (χ2v) is 15.9. The quantitative estimate of drug-likeness (QED) is 0.104. The third kappa shape index (κ3) is 9.39. The molecule has 0 saturated heterocycles. The third-order valence-electron chi connectivity index (χ3n) is 11.0. The topological polar surface area (TPSA) is 34.1 Å². The Labute approximate surface area is 332 Å². The smallest absolute Gasteiger partial charge is 0.193 e. The number of carbonyl (C=O) groups excluding carboxylic acids is 2. The molecule has 0 aliphatic heterocycles. The number of hydrogen-bond acceptors (Lipinski definition) is 2. The van der Waals surface area contributed by atoms with E-state index in [1.54, 1.807) is 6.07 Å². The third-order valence-corrected chi connectivity index (χ3v) is 11.0. The summed E-state index contributed by atoms with van der Waals surface area (Å²) in [6.07, 6.45) is 3.77. The van der Waals surface area contributed by atoms with Gasteiger partial charge in [0.1, 0.15) is 0 Å². The average molecular weight is 731 g/mol. The molecule has 0 bridgehead atoms. The fourth-order valence-electron chi connectivity index (χ4n) is 7.72. The number of rotatable bonds is 14. The van der Waals surface area contributed by atoms with Crippen LogP contribution in [0.1, 0.15) is 116 Å². The van der Waals surface area contributed by atoms with Crippen LogP contribution in [0.25, 0.3) is 0 Å². The Kier molecular flexibility index (Phi) is 12.0. The van der Waals surface area contributed by atoms with Crippen molar-refractivity contribution < 1.29 is 9.59 Å². The van der Waals surface area contributed by atoms with E-state index in [-0.39, 0.29) is 28.8 Å². The van der Waals surface area contributed by atoms with Crippen LogP contribution in [0, 0.1) is 0 Å². The van der Waals surface area contributed by atoms with Gasteiger partial charge in [-0.25, -0.2) is 0 Å². The minimum absolute atomic E-state index is 0.0809. The van der Waals surface area contributed by atoms with Crippen LogP contribution in [-0.2, 0) is 18.3 Å². The van der Waals surface area contributed by atoms with Crippen LogP contribution in [0.4, 0.5) is 0 Å². The molecule has 0 saturated carbocycles. The summed E-state index contributed by atoms with van der Waals surface area (Å²) in [5.41, 5.74) is 10.6. The highest BCUT2D eigenvalue weighted by Crippen LogP contribution is 2.32. The Morgan fingerprint density at radius 3 is 1.12 bits per heavy atom. The SMILES string of the molecule is CC(C)(C)c1cc(C(=O)c2ccc(CCC(c3ccccc3)c3ccccc3)cc2)cc(C(=O)c2ccc(C(CCc3ccccc3)c3ccccc3)cc2)c1. The first-order chi connectivity index (χ1) is 27.2. The van der Waals surface area contributed by atoms with Crippen molar-refractivity contribution in [2.45, 2.75) is 63.7 Å². The Bertz CT molecular complexity index is 2300. The van der Waals surface area contributed by atoms with Gasteiger partial charge in [0.05, 0.1) is 0 Å². The van der Waals surface area contributed by atoms with Crippen molar-refractivity contribution >= 4 is 11.6 Å². The summed E-state index contributed by atoms with van der Waals surface area (Å²) in [5, 5.41) is 0. The summed E-state index contributed by atoms with van der Waals surface area (Å²) in [5.74, 6) is 0.326. The van der Waals surface area contributed by atoms with Crippen molar-refractivity contribution in [1.82, 2.24) is 0 Å². The fourth-order valence-corrected chi connectivity index (χ4v) is 7.72. The van der Waals surface area contributed by atoms with Crippen LogP contribution >= 0.6 is 0 Å². The number of aryl methyl sites for hydroxylation is 2. The zero-order valence-electron chi connectivity index (χ0n) is 32.7. The zero-order valence-corrected chi connectivity index (χ0v) is 32.7. The van der Waals surface area contributed by atoms with Gasteiger partial charge in [-0.05, 0) is 88.2 Å². The van der Waals surface area contributed by atoms with Crippen LogP contribution in [0.3, 0.4) is 0 Å². The zero-order chi connectivity index (χ0) is 38.9. The molecule has 278 valence electrons. The number of hydrogen-bond donors (Lipinski definition) is 0. The molecule has 0 aliphatic carbocycles. The predicted molar refractivity (Wildman–Crippen MR) is 231 cm³/mol.